The average Bonchev–Trinajstić information content (AvgIpc) is 3.36. The first-order chi connectivity index (χ1) is 36.0. The number of amides is 1. The lowest BCUT2D eigenvalue weighted by Gasteiger charge is -2.25. The van der Waals surface area contributed by atoms with Crippen molar-refractivity contribution < 1.29 is 32.9 Å². The third-order valence-electron chi connectivity index (χ3n) is 15.5. The summed E-state index contributed by atoms with van der Waals surface area (Å²) in [6.07, 6.45) is 72.2. The van der Waals surface area contributed by atoms with Gasteiger partial charge in [-0.05, 0) is 19.3 Å². The highest BCUT2D eigenvalue weighted by Crippen LogP contribution is 2.43. The molecule has 0 saturated heterocycles. The minimum absolute atomic E-state index is 0.0651. The number of likely N-dealkylation sites (N-methyl/N-ethyl adjacent to an activating group) is 1. The Bertz CT molecular complexity index is 1210. The van der Waals surface area contributed by atoms with Crippen LogP contribution in [-0.4, -0.2) is 73.4 Å². The summed E-state index contributed by atoms with van der Waals surface area (Å²) in [5.41, 5.74) is 0. The number of allylic oxidation sites excluding steroid dienone is 1. The second-order valence-corrected chi connectivity index (χ2v) is 25.7. The van der Waals surface area contributed by atoms with E-state index in [2.05, 4.69) is 19.2 Å². The summed E-state index contributed by atoms with van der Waals surface area (Å²) in [4.78, 5) is 23.3. The molecule has 1 amide bonds. The van der Waals surface area contributed by atoms with Crippen LogP contribution in [0.5, 0.6) is 0 Å². The predicted molar refractivity (Wildman–Crippen MR) is 323 cm³/mol. The number of carbonyl (C=O) groups excluding carboxylic acids is 1. The Morgan fingerprint density at radius 2 is 0.716 bits per heavy atom. The van der Waals surface area contributed by atoms with Gasteiger partial charge >= 0.3 is 7.82 Å². The first-order valence-corrected chi connectivity index (χ1v) is 34.6. The van der Waals surface area contributed by atoms with Crippen molar-refractivity contribution >= 4 is 13.7 Å². The van der Waals surface area contributed by atoms with E-state index in [4.69, 9.17) is 9.05 Å². The van der Waals surface area contributed by atoms with Gasteiger partial charge in [-0.3, -0.25) is 13.8 Å². The number of carbonyl (C=O) groups is 1. The molecule has 0 aliphatic heterocycles. The molecule has 74 heavy (non-hydrogen) atoms. The minimum Gasteiger partial charge on any atom is -0.387 e. The smallest absolute Gasteiger partial charge is 0.387 e. The van der Waals surface area contributed by atoms with E-state index in [1.807, 2.05) is 27.2 Å². The zero-order valence-corrected chi connectivity index (χ0v) is 51.5. The van der Waals surface area contributed by atoms with E-state index >= 15 is 0 Å². The van der Waals surface area contributed by atoms with Crippen LogP contribution in [0.4, 0.5) is 0 Å². The molecule has 3 N–H and O–H groups in total. The molecular formula is C65H132N2O6P+. The van der Waals surface area contributed by atoms with Crippen molar-refractivity contribution in [2.24, 2.45) is 0 Å². The van der Waals surface area contributed by atoms with Gasteiger partial charge < -0.3 is 19.8 Å². The topological polar surface area (TPSA) is 105 Å². The van der Waals surface area contributed by atoms with Crippen LogP contribution in [0.2, 0.25) is 0 Å². The van der Waals surface area contributed by atoms with Gasteiger partial charge in [0.05, 0.1) is 39.9 Å². The maximum Gasteiger partial charge on any atom is 0.472 e. The number of unbranched alkanes of at least 4 members (excludes halogenated alkanes) is 49. The Kier molecular flexibility index (Phi) is 56.4. The van der Waals surface area contributed by atoms with Gasteiger partial charge in [-0.25, -0.2) is 4.57 Å². The largest absolute Gasteiger partial charge is 0.472 e. The highest BCUT2D eigenvalue weighted by molar-refractivity contribution is 7.47. The number of nitrogens with one attached hydrogen (secondary N) is 1. The summed E-state index contributed by atoms with van der Waals surface area (Å²) in [7, 11) is 1.59. The standard InChI is InChI=1S/C65H131N2O6P/c1-6-8-10-12-14-16-18-20-22-23-24-25-26-27-28-29-30-31-32-33-34-35-36-37-38-39-40-41-42-43-45-47-49-51-53-55-57-59-65(69)66-63(62-73-74(70,71)72-61-60-67(3,4)5)64(68)58-56-54-52-50-48-46-44-21-19-17-15-13-11-9-7-2/h56,58,63-64,68H,6-55,57,59-62H2,1-5H3,(H-,66,69,70,71)/p+1/b58-56+. The number of quaternary nitrogens is 1. The summed E-state index contributed by atoms with van der Waals surface area (Å²) >= 11 is 0. The zero-order valence-electron chi connectivity index (χ0n) is 50.6. The van der Waals surface area contributed by atoms with Gasteiger partial charge in [-0.1, -0.05) is 334 Å². The molecule has 442 valence electrons. The van der Waals surface area contributed by atoms with Gasteiger partial charge in [0.1, 0.15) is 13.2 Å². The first-order valence-electron chi connectivity index (χ1n) is 33.1. The van der Waals surface area contributed by atoms with Gasteiger partial charge in [-0.2, -0.15) is 0 Å². The molecule has 0 aromatic carbocycles. The predicted octanol–water partition coefficient (Wildman–Crippen LogP) is 20.6. The van der Waals surface area contributed by atoms with Gasteiger partial charge in [0.15, 0.2) is 0 Å². The van der Waals surface area contributed by atoms with Crippen LogP contribution in [0.15, 0.2) is 12.2 Å². The van der Waals surface area contributed by atoms with Crippen molar-refractivity contribution in [1.29, 1.82) is 0 Å². The van der Waals surface area contributed by atoms with E-state index < -0.39 is 20.0 Å². The summed E-state index contributed by atoms with van der Waals surface area (Å²) in [5, 5.41) is 13.9. The van der Waals surface area contributed by atoms with Crippen LogP contribution in [0.3, 0.4) is 0 Å². The zero-order chi connectivity index (χ0) is 54.2. The molecule has 3 atom stereocenters. The maximum absolute atomic E-state index is 13.0. The van der Waals surface area contributed by atoms with E-state index in [1.54, 1.807) is 6.08 Å². The van der Waals surface area contributed by atoms with Crippen LogP contribution in [0.25, 0.3) is 0 Å². The number of rotatable bonds is 62. The van der Waals surface area contributed by atoms with Crippen molar-refractivity contribution in [3.05, 3.63) is 12.2 Å². The molecule has 0 fully saturated rings. The molecule has 0 aliphatic rings. The van der Waals surface area contributed by atoms with Gasteiger partial charge in [-0.15, -0.1) is 0 Å². The SMILES string of the molecule is CCCCCCCCCCCCCCC/C=C/C(O)C(COP(=O)(O)OCC[N+](C)(C)C)NC(=O)CCCCCCCCCCCCCCCCCCCCCCCCCCCCCCCCCCCCCCC. The summed E-state index contributed by atoms with van der Waals surface area (Å²) in [6.45, 7) is 4.87. The fourth-order valence-corrected chi connectivity index (χ4v) is 11.1. The number of hydrogen-bond donors (Lipinski definition) is 3. The van der Waals surface area contributed by atoms with Crippen molar-refractivity contribution in [3.8, 4) is 0 Å². The first kappa shape index (κ1) is 73.2. The van der Waals surface area contributed by atoms with Gasteiger partial charge in [0, 0.05) is 6.42 Å². The van der Waals surface area contributed by atoms with Crippen molar-refractivity contribution in [3.63, 3.8) is 0 Å². The van der Waals surface area contributed by atoms with Crippen LogP contribution < -0.4 is 5.32 Å². The lowest BCUT2D eigenvalue weighted by atomic mass is 10.0. The molecule has 0 bridgehead atoms. The normalized spacial score (nSPS) is 13.8. The summed E-state index contributed by atoms with van der Waals surface area (Å²) < 4.78 is 23.7. The third kappa shape index (κ3) is 58.9. The quantitative estimate of drug-likeness (QED) is 0.0243. The van der Waals surface area contributed by atoms with E-state index in [0.717, 1.165) is 32.1 Å². The number of phosphoric acid groups is 1. The van der Waals surface area contributed by atoms with Crippen LogP contribution >= 0.6 is 7.82 Å². The van der Waals surface area contributed by atoms with Crippen molar-refractivity contribution in [2.75, 3.05) is 40.9 Å². The fraction of sp³-hybridized carbons (Fsp3) is 0.954. The van der Waals surface area contributed by atoms with Gasteiger partial charge in [0.2, 0.25) is 5.91 Å². The Balaban J connectivity index is 3.88. The molecule has 0 aromatic heterocycles. The van der Waals surface area contributed by atoms with Crippen LogP contribution in [-0.2, 0) is 18.4 Å². The number of aliphatic hydroxyl groups is 1. The lowest BCUT2D eigenvalue weighted by molar-refractivity contribution is -0.870. The number of phosphoric ester groups is 1. The number of hydrogen-bond acceptors (Lipinski definition) is 5. The molecule has 0 radical (unpaired) electrons. The van der Waals surface area contributed by atoms with Crippen molar-refractivity contribution in [2.45, 2.75) is 360 Å². The van der Waals surface area contributed by atoms with Crippen LogP contribution in [0.1, 0.15) is 348 Å². The molecule has 0 spiro atoms. The number of aliphatic hydroxyl groups excluding tert-OH is 1. The molecule has 0 aromatic rings. The molecule has 9 heteroatoms. The molecule has 3 unspecified atom stereocenters. The van der Waals surface area contributed by atoms with E-state index in [1.165, 1.54) is 295 Å². The van der Waals surface area contributed by atoms with Crippen molar-refractivity contribution in [1.82, 2.24) is 5.32 Å². The average molecular weight is 1070 g/mol. The second-order valence-electron chi connectivity index (χ2n) is 24.2. The lowest BCUT2D eigenvalue weighted by Crippen LogP contribution is -2.45. The molecular weight excluding hydrogens is 936 g/mol. The fourth-order valence-electron chi connectivity index (χ4n) is 10.3. The highest BCUT2D eigenvalue weighted by Gasteiger charge is 2.28. The van der Waals surface area contributed by atoms with E-state index in [-0.39, 0.29) is 19.1 Å². The summed E-state index contributed by atoms with van der Waals surface area (Å²) in [6, 6.07) is -0.842. The highest BCUT2D eigenvalue weighted by atomic mass is 31.2. The second kappa shape index (κ2) is 56.9. The molecule has 0 aliphatic carbocycles. The Hall–Kier alpha value is -0.760. The monoisotopic (exact) mass is 1070 g/mol. The molecule has 8 nitrogen and oxygen atoms in total. The Labute approximate surface area is 462 Å². The minimum atomic E-state index is -4.34. The van der Waals surface area contributed by atoms with E-state index in [0.29, 0.717) is 17.4 Å². The number of nitrogens with zero attached hydrogens (tertiary/aromatic N) is 1. The molecule has 0 rings (SSSR count). The maximum atomic E-state index is 13.0. The Morgan fingerprint density at radius 1 is 0.446 bits per heavy atom. The van der Waals surface area contributed by atoms with Crippen LogP contribution in [0, 0.1) is 0 Å². The third-order valence-corrected chi connectivity index (χ3v) is 16.5. The van der Waals surface area contributed by atoms with Gasteiger partial charge in [0.25, 0.3) is 0 Å². The molecule has 0 heterocycles. The summed E-state index contributed by atoms with van der Waals surface area (Å²) in [5.74, 6) is -0.169. The molecule has 0 saturated carbocycles. The Morgan fingerprint density at radius 3 is 1.00 bits per heavy atom. The van der Waals surface area contributed by atoms with E-state index in [9.17, 15) is 19.4 Å².